The fourth-order valence-electron chi connectivity index (χ4n) is 2.28. The first-order valence-electron chi connectivity index (χ1n) is 7.54. The van der Waals surface area contributed by atoms with Crippen LogP contribution in [-0.2, 0) is 14.8 Å². The van der Waals surface area contributed by atoms with Crippen molar-refractivity contribution in [3.63, 3.8) is 0 Å². The van der Waals surface area contributed by atoms with Gasteiger partial charge in [-0.2, -0.15) is 0 Å². The van der Waals surface area contributed by atoms with Gasteiger partial charge < -0.3 is 9.64 Å². The molecule has 0 bridgehead atoms. The van der Waals surface area contributed by atoms with Crippen molar-refractivity contribution in [2.75, 3.05) is 39.1 Å². The molecule has 23 heavy (non-hydrogen) atoms. The molecule has 0 aromatic heterocycles. The highest BCUT2D eigenvalue weighted by Gasteiger charge is 2.23. The van der Waals surface area contributed by atoms with Crippen molar-refractivity contribution in [3.05, 3.63) is 23.8 Å². The number of sulfonamides is 1. The molecule has 1 aliphatic heterocycles. The molecule has 0 aliphatic carbocycles. The Morgan fingerprint density at radius 1 is 1.35 bits per heavy atom. The molecule has 0 spiro atoms. The summed E-state index contributed by atoms with van der Waals surface area (Å²) in [5.74, 6) is -0.148. The van der Waals surface area contributed by atoms with Crippen molar-refractivity contribution in [3.8, 4) is 0 Å². The van der Waals surface area contributed by atoms with Crippen LogP contribution in [0, 0.1) is 0 Å². The van der Waals surface area contributed by atoms with Crippen LogP contribution in [-0.4, -0.2) is 58.3 Å². The van der Waals surface area contributed by atoms with Crippen molar-refractivity contribution in [2.24, 2.45) is 0 Å². The first kappa shape index (κ1) is 18.3. The number of carbonyl (C=O) groups excluding carboxylic acids is 1. The molecule has 0 saturated carbocycles. The van der Waals surface area contributed by atoms with E-state index in [1.54, 1.807) is 17.0 Å². The Hall–Kier alpha value is -1.09. The molecule has 0 atom stereocenters. The minimum absolute atomic E-state index is 0.125. The van der Waals surface area contributed by atoms with Crippen molar-refractivity contribution in [1.29, 1.82) is 0 Å². The van der Waals surface area contributed by atoms with Crippen LogP contribution in [0.25, 0.3) is 0 Å². The molecule has 0 radical (unpaired) electrons. The highest BCUT2D eigenvalue weighted by Crippen LogP contribution is 2.25. The molecule has 1 N–H and O–H groups in total. The smallest absolute Gasteiger partial charge is 0.255 e. The molecule has 128 valence electrons. The number of rotatable bonds is 6. The second-order valence-electron chi connectivity index (χ2n) is 5.16. The number of amides is 1. The fraction of sp³-hybridized carbons (Fsp3) is 0.533. The van der Waals surface area contributed by atoms with E-state index in [1.165, 1.54) is 17.8 Å². The van der Waals surface area contributed by atoms with Gasteiger partial charge in [-0.05, 0) is 30.9 Å². The molecule has 2 rings (SSSR count). The molecule has 1 aromatic rings. The maximum Gasteiger partial charge on any atom is 0.255 e. The molecule has 1 aromatic carbocycles. The third-order valence-electron chi connectivity index (χ3n) is 3.55. The van der Waals surface area contributed by atoms with Crippen LogP contribution in [0.2, 0.25) is 0 Å². The minimum Gasteiger partial charge on any atom is -0.378 e. The van der Waals surface area contributed by atoms with E-state index in [4.69, 9.17) is 4.74 Å². The standard InChI is InChI=1S/C15H22N2O4S2/c1-3-6-16-23(19,20)12-4-5-14(22-2)13(11-12)15(18)17-7-9-21-10-8-17/h4-5,11,16H,3,6-10H2,1-2H3. The molecule has 8 heteroatoms. The van der Waals surface area contributed by atoms with Crippen LogP contribution in [0.4, 0.5) is 0 Å². The predicted molar refractivity (Wildman–Crippen MR) is 90.4 cm³/mol. The first-order chi connectivity index (χ1) is 11.0. The van der Waals surface area contributed by atoms with Gasteiger partial charge in [-0.15, -0.1) is 11.8 Å². The van der Waals surface area contributed by atoms with Crippen molar-refractivity contribution >= 4 is 27.7 Å². The lowest BCUT2D eigenvalue weighted by Crippen LogP contribution is -2.41. The molecule has 1 saturated heterocycles. The normalized spacial score (nSPS) is 15.7. The average Bonchev–Trinajstić information content (AvgIpc) is 2.59. The summed E-state index contributed by atoms with van der Waals surface area (Å²) in [4.78, 5) is 15.3. The van der Waals surface area contributed by atoms with Crippen LogP contribution in [0.3, 0.4) is 0 Å². The van der Waals surface area contributed by atoms with Gasteiger partial charge in [-0.3, -0.25) is 4.79 Å². The van der Waals surface area contributed by atoms with Gasteiger partial charge in [0.15, 0.2) is 0 Å². The van der Waals surface area contributed by atoms with Gasteiger partial charge in [0.1, 0.15) is 0 Å². The van der Waals surface area contributed by atoms with Gasteiger partial charge in [-0.1, -0.05) is 6.92 Å². The van der Waals surface area contributed by atoms with E-state index in [-0.39, 0.29) is 10.8 Å². The molecule has 1 amide bonds. The fourth-order valence-corrected chi connectivity index (χ4v) is 4.01. The lowest BCUT2D eigenvalue weighted by Gasteiger charge is -2.27. The maximum absolute atomic E-state index is 12.7. The van der Waals surface area contributed by atoms with Crippen LogP contribution in [0.5, 0.6) is 0 Å². The van der Waals surface area contributed by atoms with Crippen LogP contribution in [0.15, 0.2) is 28.0 Å². The van der Waals surface area contributed by atoms with Gasteiger partial charge in [0.05, 0.1) is 23.7 Å². The summed E-state index contributed by atoms with van der Waals surface area (Å²) in [7, 11) is -3.59. The van der Waals surface area contributed by atoms with E-state index in [1.807, 2.05) is 13.2 Å². The summed E-state index contributed by atoms with van der Waals surface area (Å²) in [5, 5.41) is 0. The highest BCUT2D eigenvalue weighted by molar-refractivity contribution is 7.98. The Labute approximate surface area is 141 Å². The number of hydrogen-bond acceptors (Lipinski definition) is 5. The molecule has 1 aliphatic rings. The summed E-state index contributed by atoms with van der Waals surface area (Å²) in [6, 6.07) is 4.71. The Morgan fingerprint density at radius 2 is 2.04 bits per heavy atom. The number of benzene rings is 1. The van der Waals surface area contributed by atoms with E-state index < -0.39 is 10.0 Å². The quantitative estimate of drug-likeness (QED) is 0.781. The monoisotopic (exact) mass is 358 g/mol. The van der Waals surface area contributed by atoms with Crippen molar-refractivity contribution in [1.82, 2.24) is 9.62 Å². The van der Waals surface area contributed by atoms with Crippen LogP contribution >= 0.6 is 11.8 Å². The Balaban J connectivity index is 2.33. The number of nitrogens with zero attached hydrogens (tertiary/aromatic N) is 1. The molecule has 1 heterocycles. The number of nitrogens with one attached hydrogen (secondary N) is 1. The maximum atomic E-state index is 12.7. The predicted octanol–water partition coefficient (Wildman–Crippen LogP) is 1.57. The lowest BCUT2D eigenvalue weighted by molar-refractivity contribution is 0.0300. The molecular weight excluding hydrogens is 336 g/mol. The van der Waals surface area contributed by atoms with Gasteiger partial charge in [0.2, 0.25) is 10.0 Å². The van der Waals surface area contributed by atoms with Crippen molar-refractivity contribution in [2.45, 2.75) is 23.1 Å². The number of carbonyl (C=O) groups is 1. The van der Waals surface area contributed by atoms with E-state index in [9.17, 15) is 13.2 Å². The first-order valence-corrected chi connectivity index (χ1v) is 10.2. The largest absolute Gasteiger partial charge is 0.378 e. The average molecular weight is 358 g/mol. The SMILES string of the molecule is CCCNS(=O)(=O)c1ccc(SC)c(C(=O)N2CCOCC2)c1. The number of thioether (sulfide) groups is 1. The third-order valence-corrected chi connectivity index (χ3v) is 5.81. The molecule has 6 nitrogen and oxygen atoms in total. The summed E-state index contributed by atoms with van der Waals surface area (Å²) in [6.45, 7) is 4.34. The minimum atomic E-state index is -3.59. The summed E-state index contributed by atoms with van der Waals surface area (Å²) < 4.78 is 32.3. The van der Waals surface area contributed by atoms with E-state index in [0.717, 1.165) is 4.90 Å². The van der Waals surface area contributed by atoms with E-state index in [0.29, 0.717) is 44.8 Å². The zero-order valence-corrected chi connectivity index (χ0v) is 15.0. The zero-order valence-electron chi connectivity index (χ0n) is 13.4. The highest BCUT2D eigenvalue weighted by atomic mass is 32.2. The summed E-state index contributed by atoms with van der Waals surface area (Å²) in [6.07, 6.45) is 2.58. The lowest BCUT2D eigenvalue weighted by atomic mass is 10.2. The Bertz CT molecular complexity index is 655. The second kappa shape index (κ2) is 8.14. The summed E-state index contributed by atoms with van der Waals surface area (Å²) in [5.41, 5.74) is 0.429. The van der Waals surface area contributed by atoms with E-state index >= 15 is 0 Å². The van der Waals surface area contributed by atoms with Gasteiger partial charge in [0, 0.05) is 24.5 Å². The molecule has 1 fully saturated rings. The third kappa shape index (κ3) is 4.47. The zero-order chi connectivity index (χ0) is 16.9. The summed E-state index contributed by atoms with van der Waals surface area (Å²) >= 11 is 1.43. The van der Waals surface area contributed by atoms with Crippen LogP contribution in [0.1, 0.15) is 23.7 Å². The topological polar surface area (TPSA) is 75.7 Å². The number of hydrogen-bond donors (Lipinski definition) is 1. The van der Waals surface area contributed by atoms with Crippen molar-refractivity contribution < 1.29 is 17.9 Å². The second-order valence-corrected chi connectivity index (χ2v) is 7.78. The number of ether oxygens (including phenoxy) is 1. The van der Waals surface area contributed by atoms with Crippen LogP contribution < -0.4 is 4.72 Å². The molecule has 0 unspecified atom stereocenters. The number of morpholine rings is 1. The molecular formula is C15H22N2O4S2. The Morgan fingerprint density at radius 3 is 2.65 bits per heavy atom. The van der Waals surface area contributed by atoms with E-state index in [2.05, 4.69) is 4.72 Å². The van der Waals surface area contributed by atoms with Gasteiger partial charge in [0.25, 0.3) is 5.91 Å². The van der Waals surface area contributed by atoms with Gasteiger partial charge >= 0.3 is 0 Å². The van der Waals surface area contributed by atoms with Gasteiger partial charge in [-0.25, -0.2) is 13.1 Å². The Kier molecular flexibility index (Phi) is 6.46.